The third kappa shape index (κ3) is 1.84. The summed E-state index contributed by atoms with van der Waals surface area (Å²) in [5, 5.41) is 19.5. The molecule has 0 radical (unpaired) electrons. The monoisotopic (exact) mass is 204 g/mol. The molecule has 1 aromatic rings. The normalized spacial score (nSPS) is 20.5. The van der Waals surface area contributed by atoms with Gasteiger partial charge in [-0.15, -0.1) is 0 Å². The van der Waals surface area contributed by atoms with Gasteiger partial charge in [0, 0.05) is 11.5 Å². The second-order valence-corrected chi connectivity index (χ2v) is 4.13. The lowest BCUT2D eigenvalue weighted by atomic mass is 9.88. The highest BCUT2D eigenvalue weighted by atomic mass is 16.3. The smallest absolute Gasteiger partial charge is 0.161 e. The van der Waals surface area contributed by atoms with Crippen molar-refractivity contribution in [2.75, 3.05) is 0 Å². The van der Waals surface area contributed by atoms with Gasteiger partial charge < -0.3 is 10.2 Å². The predicted molar refractivity (Wildman–Crippen MR) is 60.2 cm³/mol. The Kier molecular flexibility index (Phi) is 2.67. The standard InChI is InChI=1S/C13H16O2/c1-9-7-8-11(13(15)12(9)14)10-5-3-2-4-6-10/h3,5,7-8,10,14-15H,2,4,6H2,1H3. The third-order valence-electron chi connectivity index (χ3n) is 3.04. The molecule has 2 N–H and O–H groups in total. The van der Waals surface area contributed by atoms with Gasteiger partial charge in [0.1, 0.15) is 0 Å². The Hall–Kier alpha value is -1.44. The molecule has 0 aliphatic heterocycles. The van der Waals surface area contributed by atoms with Crippen LogP contribution in [0.5, 0.6) is 11.5 Å². The summed E-state index contributed by atoms with van der Waals surface area (Å²) >= 11 is 0. The Labute approximate surface area is 89.9 Å². The van der Waals surface area contributed by atoms with Crippen LogP contribution in [0.1, 0.15) is 36.3 Å². The number of benzene rings is 1. The molecule has 0 spiro atoms. The van der Waals surface area contributed by atoms with Crippen LogP contribution in [-0.2, 0) is 0 Å². The van der Waals surface area contributed by atoms with Crippen molar-refractivity contribution in [3.8, 4) is 11.5 Å². The average Bonchev–Trinajstić information content (AvgIpc) is 2.27. The summed E-state index contributed by atoms with van der Waals surface area (Å²) in [5.41, 5.74) is 1.56. The van der Waals surface area contributed by atoms with Crippen LogP contribution >= 0.6 is 0 Å². The van der Waals surface area contributed by atoms with Gasteiger partial charge in [0.05, 0.1) is 0 Å². The Balaban J connectivity index is 2.40. The number of phenolic OH excluding ortho intramolecular Hbond substituents is 2. The molecule has 0 bridgehead atoms. The fourth-order valence-corrected chi connectivity index (χ4v) is 2.07. The lowest BCUT2D eigenvalue weighted by Crippen LogP contribution is -2.00. The average molecular weight is 204 g/mol. The first-order valence-electron chi connectivity index (χ1n) is 5.38. The summed E-state index contributed by atoms with van der Waals surface area (Å²) < 4.78 is 0. The Morgan fingerprint density at radius 1 is 1.20 bits per heavy atom. The minimum atomic E-state index is 0.0199. The molecule has 0 saturated heterocycles. The number of phenols is 2. The topological polar surface area (TPSA) is 40.5 Å². The van der Waals surface area contributed by atoms with E-state index in [0.29, 0.717) is 0 Å². The molecule has 1 aromatic carbocycles. The molecular weight excluding hydrogens is 188 g/mol. The maximum absolute atomic E-state index is 9.85. The predicted octanol–water partition coefficient (Wildman–Crippen LogP) is 3.23. The summed E-state index contributed by atoms with van der Waals surface area (Å²) in [4.78, 5) is 0. The van der Waals surface area contributed by atoms with E-state index in [1.54, 1.807) is 6.92 Å². The molecule has 1 aliphatic carbocycles. The molecule has 2 heteroatoms. The van der Waals surface area contributed by atoms with Crippen LogP contribution in [0.2, 0.25) is 0 Å². The van der Waals surface area contributed by atoms with Crippen molar-refractivity contribution in [3.05, 3.63) is 35.4 Å². The van der Waals surface area contributed by atoms with E-state index < -0.39 is 0 Å². The summed E-state index contributed by atoms with van der Waals surface area (Å²) in [6.07, 6.45) is 7.58. The van der Waals surface area contributed by atoms with Gasteiger partial charge in [-0.2, -0.15) is 0 Å². The second kappa shape index (κ2) is 3.97. The summed E-state index contributed by atoms with van der Waals surface area (Å²) in [7, 11) is 0. The van der Waals surface area contributed by atoms with Crippen LogP contribution in [0.4, 0.5) is 0 Å². The number of allylic oxidation sites excluding steroid dienone is 2. The zero-order valence-corrected chi connectivity index (χ0v) is 8.90. The zero-order chi connectivity index (χ0) is 10.8. The molecule has 0 saturated carbocycles. The molecule has 2 rings (SSSR count). The van der Waals surface area contributed by atoms with Gasteiger partial charge in [0.2, 0.25) is 0 Å². The Morgan fingerprint density at radius 3 is 2.67 bits per heavy atom. The minimum Gasteiger partial charge on any atom is -0.504 e. The Bertz CT molecular complexity index is 394. The van der Waals surface area contributed by atoms with E-state index in [1.165, 1.54) is 0 Å². The number of hydrogen-bond acceptors (Lipinski definition) is 2. The molecule has 2 nitrogen and oxygen atoms in total. The quantitative estimate of drug-likeness (QED) is 0.544. The first-order valence-corrected chi connectivity index (χ1v) is 5.38. The fraction of sp³-hybridized carbons (Fsp3) is 0.385. The van der Waals surface area contributed by atoms with E-state index in [1.807, 2.05) is 12.1 Å². The molecule has 1 aliphatic rings. The Morgan fingerprint density at radius 2 is 2.00 bits per heavy atom. The second-order valence-electron chi connectivity index (χ2n) is 4.13. The zero-order valence-electron chi connectivity index (χ0n) is 8.90. The number of rotatable bonds is 1. The summed E-state index contributed by atoms with van der Waals surface area (Å²) in [6, 6.07) is 3.76. The molecule has 1 unspecified atom stereocenters. The van der Waals surface area contributed by atoms with Gasteiger partial charge in [-0.05, 0) is 31.7 Å². The minimum absolute atomic E-state index is 0.0199. The molecule has 0 aromatic heterocycles. The molecular formula is C13H16O2. The van der Waals surface area contributed by atoms with E-state index in [2.05, 4.69) is 12.2 Å². The largest absolute Gasteiger partial charge is 0.504 e. The van der Waals surface area contributed by atoms with Gasteiger partial charge >= 0.3 is 0 Å². The van der Waals surface area contributed by atoms with Crippen molar-refractivity contribution >= 4 is 0 Å². The van der Waals surface area contributed by atoms with E-state index >= 15 is 0 Å². The van der Waals surface area contributed by atoms with Gasteiger partial charge in [-0.25, -0.2) is 0 Å². The lowest BCUT2D eigenvalue weighted by Gasteiger charge is -2.18. The van der Waals surface area contributed by atoms with Crippen molar-refractivity contribution in [3.63, 3.8) is 0 Å². The highest BCUT2D eigenvalue weighted by Crippen LogP contribution is 2.39. The summed E-state index contributed by atoms with van der Waals surface area (Å²) in [6.45, 7) is 1.79. The number of hydrogen-bond donors (Lipinski definition) is 2. The lowest BCUT2D eigenvalue weighted by molar-refractivity contribution is 0.394. The van der Waals surface area contributed by atoms with Crippen LogP contribution in [0.25, 0.3) is 0 Å². The van der Waals surface area contributed by atoms with Gasteiger partial charge in [-0.3, -0.25) is 0 Å². The van der Waals surface area contributed by atoms with E-state index in [4.69, 9.17) is 0 Å². The van der Waals surface area contributed by atoms with Crippen molar-refractivity contribution in [1.29, 1.82) is 0 Å². The molecule has 0 amide bonds. The van der Waals surface area contributed by atoms with Crippen molar-refractivity contribution in [2.45, 2.75) is 32.1 Å². The molecule has 1 atom stereocenters. The highest BCUT2D eigenvalue weighted by molar-refractivity contribution is 5.51. The van der Waals surface area contributed by atoms with Crippen LogP contribution in [-0.4, -0.2) is 10.2 Å². The van der Waals surface area contributed by atoms with Crippen LogP contribution < -0.4 is 0 Å². The highest BCUT2D eigenvalue weighted by Gasteiger charge is 2.17. The third-order valence-corrected chi connectivity index (χ3v) is 3.04. The van der Waals surface area contributed by atoms with Crippen LogP contribution in [0, 0.1) is 6.92 Å². The van der Waals surface area contributed by atoms with Gasteiger partial charge in [0.25, 0.3) is 0 Å². The van der Waals surface area contributed by atoms with Crippen LogP contribution in [0.15, 0.2) is 24.3 Å². The van der Waals surface area contributed by atoms with Gasteiger partial charge in [-0.1, -0.05) is 24.3 Å². The maximum atomic E-state index is 9.85. The molecule has 15 heavy (non-hydrogen) atoms. The van der Waals surface area contributed by atoms with Crippen molar-refractivity contribution in [1.82, 2.24) is 0 Å². The van der Waals surface area contributed by atoms with Crippen LogP contribution in [0.3, 0.4) is 0 Å². The first-order chi connectivity index (χ1) is 7.20. The van der Waals surface area contributed by atoms with E-state index in [9.17, 15) is 10.2 Å². The number of aryl methyl sites for hydroxylation is 1. The van der Waals surface area contributed by atoms with Crippen molar-refractivity contribution in [2.24, 2.45) is 0 Å². The molecule has 80 valence electrons. The first kappa shape index (κ1) is 10.1. The number of aromatic hydroxyl groups is 2. The molecule has 0 heterocycles. The molecule has 0 fully saturated rings. The van der Waals surface area contributed by atoms with E-state index in [0.717, 1.165) is 30.4 Å². The fourth-order valence-electron chi connectivity index (χ4n) is 2.07. The summed E-state index contributed by atoms with van der Waals surface area (Å²) in [5.74, 6) is 0.322. The van der Waals surface area contributed by atoms with Crippen molar-refractivity contribution < 1.29 is 10.2 Å². The maximum Gasteiger partial charge on any atom is 0.161 e. The SMILES string of the molecule is Cc1ccc(C2C=CCCC2)c(O)c1O. The van der Waals surface area contributed by atoms with E-state index in [-0.39, 0.29) is 17.4 Å². The van der Waals surface area contributed by atoms with Gasteiger partial charge in [0.15, 0.2) is 11.5 Å².